The molecule has 0 saturated carbocycles. The van der Waals surface area contributed by atoms with Gasteiger partial charge in [0.1, 0.15) is 12.3 Å². The fourth-order valence-electron chi connectivity index (χ4n) is 2.38. The highest BCUT2D eigenvalue weighted by molar-refractivity contribution is 6.13. The standard InChI is InChI=1S/C18H18N4O3/c1-12-2-4-13(5-3-12)17(22-25-9-8-20-18(23)24)15-10-14-6-7-19-11-16(14)21-15/h2-7,10-11,20-21H,8-9H2,1H3,(H,23,24). The summed E-state index contributed by atoms with van der Waals surface area (Å²) in [4.78, 5) is 23.2. The third-order valence-corrected chi connectivity index (χ3v) is 3.63. The van der Waals surface area contributed by atoms with Gasteiger partial charge in [-0.25, -0.2) is 4.79 Å². The molecule has 7 nitrogen and oxygen atoms in total. The zero-order chi connectivity index (χ0) is 17.6. The van der Waals surface area contributed by atoms with Gasteiger partial charge in [0.05, 0.1) is 24.0 Å². The molecule has 0 unspecified atom stereocenters. The highest BCUT2D eigenvalue weighted by Gasteiger charge is 2.11. The second-order valence-electron chi connectivity index (χ2n) is 5.52. The Hall–Kier alpha value is -3.35. The highest BCUT2D eigenvalue weighted by Crippen LogP contribution is 2.18. The van der Waals surface area contributed by atoms with Crippen LogP contribution in [0.15, 0.2) is 53.9 Å². The molecule has 128 valence electrons. The quantitative estimate of drug-likeness (QED) is 0.365. The van der Waals surface area contributed by atoms with Crippen molar-refractivity contribution in [1.29, 1.82) is 0 Å². The lowest BCUT2D eigenvalue weighted by Crippen LogP contribution is -2.24. The predicted molar refractivity (Wildman–Crippen MR) is 94.9 cm³/mol. The van der Waals surface area contributed by atoms with Crippen LogP contribution < -0.4 is 5.32 Å². The number of pyridine rings is 1. The first-order valence-corrected chi connectivity index (χ1v) is 7.80. The van der Waals surface area contributed by atoms with Crippen LogP contribution in [-0.4, -0.2) is 40.0 Å². The van der Waals surface area contributed by atoms with Crippen molar-refractivity contribution >= 4 is 22.7 Å². The van der Waals surface area contributed by atoms with Crippen molar-refractivity contribution in [3.05, 3.63) is 65.6 Å². The Kier molecular flexibility index (Phi) is 4.94. The number of aromatic amines is 1. The molecular weight excluding hydrogens is 320 g/mol. The molecule has 3 aromatic rings. The predicted octanol–water partition coefficient (Wildman–Crippen LogP) is 2.91. The van der Waals surface area contributed by atoms with Crippen molar-refractivity contribution in [2.24, 2.45) is 5.16 Å². The van der Waals surface area contributed by atoms with E-state index in [0.717, 1.165) is 27.7 Å². The number of hydrogen-bond acceptors (Lipinski definition) is 4. The normalized spacial score (nSPS) is 11.5. The topological polar surface area (TPSA) is 99.6 Å². The number of benzene rings is 1. The fourth-order valence-corrected chi connectivity index (χ4v) is 2.38. The van der Waals surface area contributed by atoms with Crippen LogP contribution in [-0.2, 0) is 4.84 Å². The number of H-pyrrole nitrogens is 1. The number of aryl methyl sites for hydroxylation is 1. The van der Waals surface area contributed by atoms with E-state index in [9.17, 15) is 4.79 Å². The van der Waals surface area contributed by atoms with Crippen molar-refractivity contribution in [2.75, 3.05) is 13.2 Å². The van der Waals surface area contributed by atoms with E-state index in [1.807, 2.05) is 43.3 Å². The van der Waals surface area contributed by atoms with E-state index in [2.05, 4.69) is 20.4 Å². The third-order valence-electron chi connectivity index (χ3n) is 3.63. The van der Waals surface area contributed by atoms with Gasteiger partial charge in [-0.2, -0.15) is 0 Å². The third kappa shape index (κ3) is 4.14. The van der Waals surface area contributed by atoms with E-state index >= 15 is 0 Å². The van der Waals surface area contributed by atoms with Gasteiger partial charge >= 0.3 is 6.09 Å². The smallest absolute Gasteiger partial charge is 0.404 e. The van der Waals surface area contributed by atoms with E-state index in [0.29, 0.717) is 5.71 Å². The summed E-state index contributed by atoms with van der Waals surface area (Å²) in [5.41, 5.74) is 4.40. The molecule has 3 N–H and O–H groups in total. The molecule has 0 aliphatic heterocycles. The summed E-state index contributed by atoms with van der Waals surface area (Å²) < 4.78 is 0. The Bertz CT molecular complexity index is 867. The van der Waals surface area contributed by atoms with Crippen molar-refractivity contribution in [3.8, 4) is 0 Å². The van der Waals surface area contributed by atoms with Gasteiger partial charge < -0.3 is 20.2 Å². The van der Waals surface area contributed by atoms with Gasteiger partial charge in [0.25, 0.3) is 0 Å². The zero-order valence-corrected chi connectivity index (χ0v) is 13.7. The number of carboxylic acid groups (broad SMARTS) is 1. The van der Waals surface area contributed by atoms with E-state index in [1.54, 1.807) is 12.4 Å². The van der Waals surface area contributed by atoms with E-state index in [-0.39, 0.29) is 13.2 Å². The Balaban J connectivity index is 1.88. The molecule has 0 aliphatic rings. The van der Waals surface area contributed by atoms with Gasteiger partial charge in [0.15, 0.2) is 0 Å². The minimum absolute atomic E-state index is 0.142. The molecule has 25 heavy (non-hydrogen) atoms. The monoisotopic (exact) mass is 338 g/mol. The van der Waals surface area contributed by atoms with Crippen LogP contribution in [0.2, 0.25) is 0 Å². The SMILES string of the molecule is Cc1ccc(C(=NOCCNC(=O)O)c2cc3ccncc3[nH]2)cc1. The molecule has 2 aromatic heterocycles. The highest BCUT2D eigenvalue weighted by atomic mass is 16.6. The van der Waals surface area contributed by atoms with Crippen LogP contribution in [0.4, 0.5) is 4.79 Å². The van der Waals surface area contributed by atoms with Crippen LogP contribution >= 0.6 is 0 Å². The number of fused-ring (bicyclic) bond motifs is 1. The van der Waals surface area contributed by atoms with E-state index < -0.39 is 6.09 Å². The second-order valence-corrected chi connectivity index (χ2v) is 5.52. The van der Waals surface area contributed by atoms with Crippen molar-refractivity contribution in [1.82, 2.24) is 15.3 Å². The maximum Gasteiger partial charge on any atom is 0.404 e. The molecule has 0 aliphatic carbocycles. The average molecular weight is 338 g/mol. The van der Waals surface area contributed by atoms with Crippen LogP contribution in [0.3, 0.4) is 0 Å². The lowest BCUT2D eigenvalue weighted by molar-refractivity contribution is 0.141. The van der Waals surface area contributed by atoms with E-state index in [4.69, 9.17) is 9.94 Å². The first-order valence-electron chi connectivity index (χ1n) is 7.80. The number of aromatic nitrogens is 2. The minimum atomic E-state index is -1.09. The number of amides is 1. The number of oxime groups is 1. The van der Waals surface area contributed by atoms with Crippen LogP contribution in [0.5, 0.6) is 0 Å². The first kappa shape index (κ1) is 16.5. The largest absolute Gasteiger partial charge is 0.465 e. The first-order chi connectivity index (χ1) is 12.1. The molecule has 3 rings (SSSR count). The van der Waals surface area contributed by atoms with Crippen LogP contribution in [0.25, 0.3) is 10.9 Å². The Morgan fingerprint density at radius 3 is 2.84 bits per heavy atom. The van der Waals surface area contributed by atoms with E-state index in [1.165, 1.54) is 0 Å². The Morgan fingerprint density at radius 1 is 1.32 bits per heavy atom. The molecule has 2 heterocycles. The number of carbonyl (C=O) groups is 1. The summed E-state index contributed by atoms with van der Waals surface area (Å²) in [6, 6.07) is 11.8. The fraction of sp³-hybridized carbons (Fsp3) is 0.167. The van der Waals surface area contributed by atoms with Gasteiger partial charge in [-0.05, 0) is 19.1 Å². The minimum Gasteiger partial charge on any atom is -0.465 e. The van der Waals surface area contributed by atoms with Crippen molar-refractivity contribution < 1.29 is 14.7 Å². The van der Waals surface area contributed by atoms with Gasteiger partial charge in [0, 0.05) is 17.1 Å². The number of rotatable bonds is 6. The summed E-state index contributed by atoms with van der Waals surface area (Å²) >= 11 is 0. The lowest BCUT2D eigenvalue weighted by atomic mass is 10.1. The molecule has 0 saturated heterocycles. The summed E-state index contributed by atoms with van der Waals surface area (Å²) in [6.45, 7) is 2.32. The average Bonchev–Trinajstić information content (AvgIpc) is 3.02. The van der Waals surface area contributed by atoms with Gasteiger partial charge in [-0.3, -0.25) is 4.98 Å². The summed E-state index contributed by atoms with van der Waals surface area (Å²) in [7, 11) is 0. The molecule has 0 atom stereocenters. The Morgan fingerprint density at radius 2 is 2.12 bits per heavy atom. The lowest BCUT2D eigenvalue weighted by Gasteiger charge is -2.06. The number of hydrogen-bond donors (Lipinski definition) is 3. The van der Waals surface area contributed by atoms with Gasteiger partial charge in [0.2, 0.25) is 0 Å². The van der Waals surface area contributed by atoms with Crippen LogP contribution in [0, 0.1) is 6.92 Å². The molecule has 0 fully saturated rings. The molecular formula is C18H18N4O3. The molecule has 0 spiro atoms. The molecule has 0 bridgehead atoms. The molecule has 7 heteroatoms. The summed E-state index contributed by atoms with van der Waals surface area (Å²) in [5, 5.41) is 16.0. The molecule has 0 radical (unpaired) electrons. The Labute approximate surface area is 144 Å². The van der Waals surface area contributed by atoms with Gasteiger partial charge in [-0.15, -0.1) is 0 Å². The maximum absolute atomic E-state index is 10.5. The van der Waals surface area contributed by atoms with Crippen molar-refractivity contribution in [2.45, 2.75) is 6.92 Å². The summed E-state index contributed by atoms with van der Waals surface area (Å²) in [5.74, 6) is 0. The number of nitrogens with zero attached hydrogens (tertiary/aromatic N) is 2. The van der Waals surface area contributed by atoms with Gasteiger partial charge in [-0.1, -0.05) is 35.0 Å². The maximum atomic E-state index is 10.5. The summed E-state index contributed by atoms with van der Waals surface area (Å²) in [6.07, 6.45) is 2.40. The van der Waals surface area contributed by atoms with Crippen molar-refractivity contribution in [3.63, 3.8) is 0 Å². The molecule has 1 aromatic carbocycles. The zero-order valence-electron chi connectivity index (χ0n) is 13.7. The molecule has 1 amide bonds. The van der Waals surface area contributed by atoms with Crippen LogP contribution in [0.1, 0.15) is 16.8 Å². The second kappa shape index (κ2) is 7.48. The number of nitrogens with one attached hydrogen (secondary N) is 2.